The van der Waals surface area contributed by atoms with Gasteiger partial charge in [-0.15, -0.1) is 0 Å². The fourth-order valence-electron chi connectivity index (χ4n) is 4.71. The summed E-state index contributed by atoms with van der Waals surface area (Å²) in [5.41, 5.74) is 0. The maximum Gasteiger partial charge on any atom is 0.508 e. The molecule has 4 saturated heterocycles. The Kier molecular flexibility index (Phi) is 9.78. The molecule has 0 spiro atoms. The van der Waals surface area contributed by atoms with E-state index in [2.05, 4.69) is 19.6 Å². The molecule has 4 aliphatic rings. The zero-order valence-corrected chi connectivity index (χ0v) is 19.0. The smallest absolute Gasteiger partial charge is 0.431 e. The van der Waals surface area contributed by atoms with Gasteiger partial charge in [0.25, 0.3) is 0 Å². The van der Waals surface area contributed by atoms with Crippen molar-refractivity contribution in [3.05, 3.63) is 0 Å². The lowest BCUT2D eigenvalue weighted by molar-refractivity contribution is -0.1000. The number of rotatable bonds is 8. The van der Waals surface area contributed by atoms with E-state index in [0.717, 1.165) is 52.4 Å². The predicted molar refractivity (Wildman–Crippen MR) is 114 cm³/mol. The average molecular weight is 459 g/mol. The molecule has 0 amide bonds. The average Bonchev–Trinajstić information content (AvgIpc) is 2.87. The zero-order chi connectivity index (χ0) is 22.0. The first-order chi connectivity index (χ1) is 15.8. The van der Waals surface area contributed by atoms with Crippen molar-refractivity contribution in [2.24, 2.45) is 0 Å². The third-order valence-corrected chi connectivity index (χ3v) is 6.57. The van der Waals surface area contributed by atoms with E-state index in [1.54, 1.807) is 0 Å². The van der Waals surface area contributed by atoms with Crippen molar-refractivity contribution in [3.63, 3.8) is 0 Å². The van der Waals surface area contributed by atoms with Crippen LogP contribution in [-0.2, 0) is 28.4 Å². The fraction of sp³-hybridized carbons (Fsp3) is 0.952. The van der Waals surface area contributed by atoms with Crippen molar-refractivity contribution in [1.29, 1.82) is 0 Å². The van der Waals surface area contributed by atoms with Crippen LogP contribution in [0.5, 0.6) is 0 Å². The molecule has 0 unspecified atom stereocenters. The number of hydrogen-bond acceptors (Lipinski definition) is 11. The highest BCUT2D eigenvalue weighted by Crippen LogP contribution is 2.15. The molecule has 0 aromatic rings. The lowest BCUT2D eigenvalue weighted by atomic mass is 10.3. The first kappa shape index (κ1) is 24.1. The summed E-state index contributed by atoms with van der Waals surface area (Å²) in [6.07, 6.45) is -0.572. The second-order valence-electron chi connectivity index (χ2n) is 8.43. The second kappa shape index (κ2) is 13.0. The normalized spacial score (nSPS) is 25.3. The van der Waals surface area contributed by atoms with Crippen LogP contribution in [-0.4, -0.2) is 157 Å². The molecule has 0 radical (unpaired) electrons. The van der Waals surface area contributed by atoms with Crippen LogP contribution >= 0.6 is 0 Å². The van der Waals surface area contributed by atoms with E-state index in [0.29, 0.717) is 52.9 Å². The molecule has 4 rings (SSSR count). The Bertz CT molecular complexity index is 466. The Morgan fingerprint density at radius 2 is 0.781 bits per heavy atom. The SMILES string of the molecule is O=C(OCC(N1CCOCC1)N1CCOCC1)OCC(N1CCOCC1)N1CCOCC1. The lowest BCUT2D eigenvalue weighted by Crippen LogP contribution is -2.58. The van der Waals surface area contributed by atoms with Crippen molar-refractivity contribution >= 4 is 6.16 Å². The van der Waals surface area contributed by atoms with Crippen molar-refractivity contribution in [2.75, 3.05) is 118 Å². The van der Waals surface area contributed by atoms with E-state index < -0.39 is 6.16 Å². The lowest BCUT2D eigenvalue weighted by Gasteiger charge is -2.42. The molecule has 4 aliphatic heterocycles. The summed E-state index contributed by atoms with van der Waals surface area (Å²) in [6.45, 7) is 12.8. The quantitative estimate of drug-likeness (QED) is 0.425. The van der Waals surface area contributed by atoms with Crippen LogP contribution in [0.2, 0.25) is 0 Å². The van der Waals surface area contributed by atoms with Crippen LogP contribution in [0.1, 0.15) is 0 Å². The first-order valence-corrected chi connectivity index (χ1v) is 11.9. The first-order valence-electron chi connectivity index (χ1n) is 11.9. The highest BCUT2D eigenvalue weighted by molar-refractivity contribution is 5.59. The molecule has 11 nitrogen and oxygen atoms in total. The Balaban J connectivity index is 1.29. The number of carbonyl (C=O) groups excluding carboxylic acids is 1. The third kappa shape index (κ3) is 6.97. The highest BCUT2D eigenvalue weighted by atomic mass is 16.7. The van der Waals surface area contributed by atoms with Gasteiger partial charge in [-0.3, -0.25) is 19.6 Å². The van der Waals surface area contributed by atoms with Gasteiger partial charge in [0.05, 0.1) is 65.2 Å². The minimum atomic E-state index is -0.608. The summed E-state index contributed by atoms with van der Waals surface area (Å²) in [5.74, 6) is 0. The molecule has 0 aromatic carbocycles. The zero-order valence-electron chi connectivity index (χ0n) is 19.0. The molecule has 0 N–H and O–H groups in total. The molecule has 0 bridgehead atoms. The molecule has 0 aliphatic carbocycles. The van der Waals surface area contributed by atoms with Crippen LogP contribution in [0.25, 0.3) is 0 Å². The molecule has 32 heavy (non-hydrogen) atoms. The maximum absolute atomic E-state index is 12.6. The summed E-state index contributed by atoms with van der Waals surface area (Å²) in [5, 5.41) is 0. The fourth-order valence-corrected chi connectivity index (χ4v) is 4.71. The number of morpholine rings is 4. The van der Waals surface area contributed by atoms with Gasteiger partial charge in [-0.25, -0.2) is 4.79 Å². The molecule has 4 fully saturated rings. The van der Waals surface area contributed by atoms with E-state index in [4.69, 9.17) is 28.4 Å². The number of hydrogen-bond donors (Lipinski definition) is 0. The third-order valence-electron chi connectivity index (χ3n) is 6.57. The summed E-state index contributed by atoms with van der Waals surface area (Å²) in [6, 6.07) is 0. The Morgan fingerprint density at radius 1 is 0.531 bits per heavy atom. The molecule has 0 atom stereocenters. The summed E-state index contributed by atoms with van der Waals surface area (Å²) in [4.78, 5) is 21.9. The minimum Gasteiger partial charge on any atom is -0.431 e. The Hall–Kier alpha value is -1.05. The topological polar surface area (TPSA) is 85.4 Å². The molecule has 184 valence electrons. The van der Waals surface area contributed by atoms with Crippen LogP contribution in [0.15, 0.2) is 0 Å². The van der Waals surface area contributed by atoms with Crippen molar-refractivity contribution < 1.29 is 33.2 Å². The molecular weight excluding hydrogens is 420 g/mol. The molecule has 4 heterocycles. The maximum atomic E-state index is 12.6. The Morgan fingerprint density at radius 3 is 1.03 bits per heavy atom. The molecular formula is C21H38N4O7. The van der Waals surface area contributed by atoms with E-state index in [1.165, 1.54) is 0 Å². The van der Waals surface area contributed by atoms with Gasteiger partial charge in [0.1, 0.15) is 13.2 Å². The monoisotopic (exact) mass is 458 g/mol. The van der Waals surface area contributed by atoms with Crippen LogP contribution in [0, 0.1) is 0 Å². The van der Waals surface area contributed by atoms with E-state index in [9.17, 15) is 4.79 Å². The Labute approximate surface area is 190 Å². The van der Waals surface area contributed by atoms with Crippen LogP contribution in [0.3, 0.4) is 0 Å². The largest absolute Gasteiger partial charge is 0.508 e. The van der Waals surface area contributed by atoms with Gasteiger partial charge in [-0.05, 0) is 0 Å². The predicted octanol–water partition coefficient (Wildman–Crippen LogP) is -0.879. The summed E-state index contributed by atoms with van der Waals surface area (Å²) < 4.78 is 33.2. The van der Waals surface area contributed by atoms with E-state index in [1.807, 2.05) is 0 Å². The molecule has 0 aromatic heterocycles. The number of carbonyl (C=O) groups is 1. The van der Waals surface area contributed by atoms with E-state index >= 15 is 0 Å². The van der Waals surface area contributed by atoms with E-state index in [-0.39, 0.29) is 25.5 Å². The van der Waals surface area contributed by atoms with Gasteiger partial charge in [-0.1, -0.05) is 0 Å². The van der Waals surface area contributed by atoms with Crippen molar-refractivity contribution in [3.8, 4) is 0 Å². The summed E-state index contributed by atoms with van der Waals surface area (Å²) in [7, 11) is 0. The van der Waals surface area contributed by atoms with Gasteiger partial charge in [0, 0.05) is 52.4 Å². The second-order valence-corrected chi connectivity index (χ2v) is 8.43. The van der Waals surface area contributed by atoms with Gasteiger partial charge in [0.2, 0.25) is 0 Å². The van der Waals surface area contributed by atoms with Crippen LogP contribution < -0.4 is 0 Å². The minimum absolute atomic E-state index is 0.0182. The van der Waals surface area contributed by atoms with Crippen molar-refractivity contribution in [1.82, 2.24) is 19.6 Å². The van der Waals surface area contributed by atoms with Crippen LogP contribution in [0.4, 0.5) is 4.79 Å². The van der Waals surface area contributed by atoms with Crippen molar-refractivity contribution in [2.45, 2.75) is 12.3 Å². The highest BCUT2D eigenvalue weighted by Gasteiger charge is 2.31. The van der Waals surface area contributed by atoms with Gasteiger partial charge in [0.15, 0.2) is 0 Å². The molecule has 0 saturated carbocycles. The van der Waals surface area contributed by atoms with Gasteiger partial charge in [-0.2, -0.15) is 0 Å². The van der Waals surface area contributed by atoms with Gasteiger partial charge < -0.3 is 28.4 Å². The molecule has 11 heteroatoms. The standard InChI is InChI=1S/C21H38N4O7/c26-21(31-17-19(22-1-9-27-10-2-22)23-3-11-28-12-4-23)32-18-20(24-5-13-29-14-6-24)25-7-15-30-16-8-25/h19-20H,1-18H2. The van der Waals surface area contributed by atoms with Gasteiger partial charge >= 0.3 is 6.16 Å². The number of nitrogens with zero attached hydrogens (tertiary/aromatic N) is 4. The number of ether oxygens (including phenoxy) is 6. The summed E-state index contributed by atoms with van der Waals surface area (Å²) >= 11 is 0.